The maximum atomic E-state index is 11.8. The second kappa shape index (κ2) is 6.44. The quantitative estimate of drug-likeness (QED) is 0.426. The molecule has 0 N–H and O–H groups in total. The minimum Gasteiger partial charge on any atom is -0.424 e. The Labute approximate surface area is 167 Å². The van der Waals surface area contributed by atoms with E-state index in [0.717, 1.165) is 40.0 Å². The SMILES string of the molecule is CCc1ccc(-n2cc(OC(C)=O)c3c2nc(C)n2c4ccccc4nc32)cc1. The molecule has 0 fully saturated rings. The Morgan fingerprint density at radius 1 is 1.03 bits per heavy atom. The Morgan fingerprint density at radius 2 is 1.79 bits per heavy atom. The van der Waals surface area contributed by atoms with E-state index in [9.17, 15) is 4.79 Å². The summed E-state index contributed by atoms with van der Waals surface area (Å²) >= 11 is 0. The number of hydrogen-bond donors (Lipinski definition) is 0. The molecular formula is C23H20N4O2. The van der Waals surface area contributed by atoms with Crippen LogP contribution in [0.3, 0.4) is 0 Å². The van der Waals surface area contributed by atoms with Crippen molar-refractivity contribution < 1.29 is 9.53 Å². The zero-order chi connectivity index (χ0) is 20.1. The Morgan fingerprint density at radius 3 is 2.52 bits per heavy atom. The van der Waals surface area contributed by atoms with E-state index in [0.29, 0.717) is 11.4 Å². The van der Waals surface area contributed by atoms with Crippen molar-refractivity contribution >= 4 is 33.7 Å². The van der Waals surface area contributed by atoms with Crippen LogP contribution in [0.25, 0.3) is 33.4 Å². The van der Waals surface area contributed by atoms with Gasteiger partial charge in [-0.2, -0.15) is 0 Å². The number of ether oxygens (including phenoxy) is 1. The molecule has 0 saturated carbocycles. The summed E-state index contributed by atoms with van der Waals surface area (Å²) in [5.41, 5.74) is 5.51. The van der Waals surface area contributed by atoms with Gasteiger partial charge in [0.15, 0.2) is 17.0 Å². The molecule has 144 valence electrons. The normalized spacial score (nSPS) is 11.6. The van der Waals surface area contributed by atoms with Gasteiger partial charge in [-0.1, -0.05) is 31.2 Å². The molecule has 0 atom stereocenters. The summed E-state index contributed by atoms with van der Waals surface area (Å²) in [5.74, 6) is 0.903. The van der Waals surface area contributed by atoms with Crippen LogP contribution in [0.4, 0.5) is 0 Å². The number of aryl methyl sites for hydroxylation is 2. The lowest BCUT2D eigenvalue weighted by Crippen LogP contribution is -2.02. The summed E-state index contributed by atoms with van der Waals surface area (Å²) in [6, 6.07) is 16.2. The summed E-state index contributed by atoms with van der Waals surface area (Å²) in [4.78, 5) is 21.5. The van der Waals surface area contributed by atoms with E-state index in [2.05, 4.69) is 31.2 Å². The monoisotopic (exact) mass is 384 g/mol. The highest BCUT2D eigenvalue weighted by Gasteiger charge is 2.21. The molecule has 0 radical (unpaired) electrons. The van der Waals surface area contributed by atoms with Crippen LogP contribution in [0.1, 0.15) is 25.2 Å². The Balaban J connectivity index is 1.88. The Hall–Kier alpha value is -3.67. The maximum absolute atomic E-state index is 11.8. The number of rotatable bonds is 3. The van der Waals surface area contributed by atoms with Crippen molar-refractivity contribution in [2.75, 3.05) is 0 Å². The van der Waals surface area contributed by atoms with Crippen LogP contribution in [0, 0.1) is 6.92 Å². The molecule has 0 aliphatic rings. The molecule has 0 unspecified atom stereocenters. The first kappa shape index (κ1) is 17.4. The molecule has 29 heavy (non-hydrogen) atoms. The number of fused-ring (bicyclic) bond motifs is 5. The molecule has 5 rings (SSSR count). The first-order valence-electron chi connectivity index (χ1n) is 9.63. The summed E-state index contributed by atoms with van der Waals surface area (Å²) in [6.07, 6.45) is 2.79. The summed E-state index contributed by atoms with van der Waals surface area (Å²) < 4.78 is 9.53. The number of para-hydroxylation sites is 2. The number of aromatic nitrogens is 4. The van der Waals surface area contributed by atoms with Gasteiger partial charge in [0.2, 0.25) is 0 Å². The molecule has 6 nitrogen and oxygen atoms in total. The molecular weight excluding hydrogens is 364 g/mol. The molecule has 0 aliphatic carbocycles. The standard InChI is InChI=1S/C23H20N4O2/c1-4-16-9-11-17(12-10-16)26-13-20(29-15(3)28)21-22(26)24-14(2)27-19-8-6-5-7-18(19)25-23(21)27/h5-13H,4H2,1-3H3. The largest absolute Gasteiger partial charge is 0.424 e. The lowest BCUT2D eigenvalue weighted by atomic mass is 10.1. The van der Waals surface area contributed by atoms with Gasteiger partial charge in [-0.3, -0.25) is 13.8 Å². The first-order valence-corrected chi connectivity index (χ1v) is 9.63. The number of hydrogen-bond acceptors (Lipinski definition) is 4. The second-order valence-electron chi connectivity index (χ2n) is 7.09. The fourth-order valence-corrected chi connectivity index (χ4v) is 3.84. The van der Waals surface area contributed by atoms with Gasteiger partial charge in [0, 0.05) is 12.6 Å². The van der Waals surface area contributed by atoms with E-state index >= 15 is 0 Å². The number of imidazole rings is 1. The van der Waals surface area contributed by atoms with Crippen molar-refractivity contribution in [1.82, 2.24) is 18.9 Å². The van der Waals surface area contributed by atoms with Crippen LogP contribution in [-0.4, -0.2) is 24.9 Å². The summed E-state index contributed by atoms with van der Waals surface area (Å²) in [6.45, 7) is 5.49. The molecule has 2 aromatic carbocycles. The maximum Gasteiger partial charge on any atom is 0.308 e. The van der Waals surface area contributed by atoms with E-state index in [4.69, 9.17) is 14.7 Å². The molecule has 0 bridgehead atoms. The van der Waals surface area contributed by atoms with Crippen LogP contribution in [0.15, 0.2) is 54.7 Å². The third-order valence-electron chi connectivity index (χ3n) is 5.20. The van der Waals surface area contributed by atoms with Crippen LogP contribution >= 0.6 is 0 Å². The number of carbonyl (C=O) groups excluding carboxylic acids is 1. The van der Waals surface area contributed by atoms with E-state index < -0.39 is 0 Å². The van der Waals surface area contributed by atoms with Crippen LogP contribution in [0.5, 0.6) is 5.75 Å². The van der Waals surface area contributed by atoms with Crippen molar-refractivity contribution in [2.45, 2.75) is 27.2 Å². The summed E-state index contributed by atoms with van der Waals surface area (Å²) in [5, 5.41) is 0.724. The lowest BCUT2D eigenvalue weighted by molar-refractivity contribution is -0.131. The Bertz CT molecular complexity index is 1390. The van der Waals surface area contributed by atoms with Crippen molar-refractivity contribution in [2.24, 2.45) is 0 Å². The third kappa shape index (κ3) is 2.68. The molecule has 3 heterocycles. The van der Waals surface area contributed by atoms with Crippen LogP contribution < -0.4 is 4.74 Å². The molecule has 5 aromatic rings. The molecule has 0 amide bonds. The van der Waals surface area contributed by atoms with Gasteiger partial charge in [0.05, 0.1) is 17.2 Å². The van der Waals surface area contributed by atoms with Crippen LogP contribution in [-0.2, 0) is 11.2 Å². The first-order chi connectivity index (χ1) is 14.1. The number of nitrogens with zero attached hydrogens (tertiary/aromatic N) is 4. The predicted octanol–water partition coefficient (Wildman–Crippen LogP) is 4.62. The summed E-state index contributed by atoms with van der Waals surface area (Å²) in [7, 11) is 0. The fraction of sp³-hybridized carbons (Fsp3) is 0.174. The van der Waals surface area contributed by atoms with Crippen molar-refractivity contribution in [1.29, 1.82) is 0 Å². The highest BCUT2D eigenvalue weighted by molar-refractivity contribution is 6.01. The number of carbonyl (C=O) groups is 1. The predicted molar refractivity (Wildman–Crippen MR) is 113 cm³/mol. The molecule has 3 aromatic heterocycles. The minimum atomic E-state index is -0.375. The molecule has 0 spiro atoms. The molecule has 0 aliphatic heterocycles. The van der Waals surface area contributed by atoms with E-state index in [1.165, 1.54) is 12.5 Å². The topological polar surface area (TPSA) is 61.4 Å². The van der Waals surface area contributed by atoms with Gasteiger partial charge >= 0.3 is 5.97 Å². The van der Waals surface area contributed by atoms with Gasteiger partial charge < -0.3 is 4.74 Å². The molecule has 6 heteroatoms. The van der Waals surface area contributed by atoms with Gasteiger partial charge in [-0.15, -0.1) is 0 Å². The van der Waals surface area contributed by atoms with Crippen molar-refractivity contribution in [3.63, 3.8) is 0 Å². The Kier molecular flexibility index (Phi) is 3.87. The van der Waals surface area contributed by atoms with Crippen molar-refractivity contribution in [3.05, 3.63) is 66.1 Å². The smallest absolute Gasteiger partial charge is 0.308 e. The zero-order valence-electron chi connectivity index (χ0n) is 16.5. The van der Waals surface area contributed by atoms with E-state index in [-0.39, 0.29) is 5.97 Å². The zero-order valence-corrected chi connectivity index (χ0v) is 16.5. The van der Waals surface area contributed by atoms with Gasteiger partial charge in [-0.25, -0.2) is 9.97 Å². The van der Waals surface area contributed by atoms with E-state index in [1.807, 2.05) is 46.4 Å². The fourth-order valence-electron chi connectivity index (χ4n) is 3.84. The van der Waals surface area contributed by atoms with E-state index in [1.54, 1.807) is 0 Å². The van der Waals surface area contributed by atoms with Gasteiger partial charge in [0.1, 0.15) is 11.2 Å². The highest BCUT2D eigenvalue weighted by atomic mass is 16.5. The number of benzene rings is 2. The lowest BCUT2D eigenvalue weighted by Gasteiger charge is -2.07. The van der Waals surface area contributed by atoms with Gasteiger partial charge in [-0.05, 0) is 43.2 Å². The molecule has 0 saturated heterocycles. The van der Waals surface area contributed by atoms with Crippen molar-refractivity contribution in [3.8, 4) is 11.4 Å². The van der Waals surface area contributed by atoms with Crippen LogP contribution in [0.2, 0.25) is 0 Å². The van der Waals surface area contributed by atoms with Gasteiger partial charge in [0.25, 0.3) is 0 Å². The second-order valence-corrected chi connectivity index (χ2v) is 7.09. The third-order valence-corrected chi connectivity index (χ3v) is 5.20. The average Bonchev–Trinajstić information content (AvgIpc) is 3.26. The average molecular weight is 384 g/mol. The minimum absolute atomic E-state index is 0.375. The number of esters is 1. The highest BCUT2D eigenvalue weighted by Crippen LogP contribution is 2.35.